The van der Waals surface area contributed by atoms with Crippen molar-refractivity contribution in [2.24, 2.45) is 0 Å². The number of hydrogen-bond acceptors (Lipinski definition) is 4. The Morgan fingerprint density at radius 3 is 0.902 bits per heavy atom. The van der Waals surface area contributed by atoms with Crippen LogP contribution in [0.4, 0.5) is 34.1 Å². The molecule has 0 bridgehead atoms. The number of benzene rings is 17. The van der Waals surface area contributed by atoms with Crippen LogP contribution in [0.15, 0.2) is 351 Å². The zero-order valence-electron chi connectivity index (χ0n) is 88.8. The minimum atomic E-state index is -1.55. The van der Waals surface area contributed by atoms with Gasteiger partial charge in [-0.3, -0.25) is 0 Å². The van der Waals surface area contributed by atoms with Crippen LogP contribution >= 0.6 is 0 Å². The highest BCUT2D eigenvalue weighted by Gasteiger charge is 2.55. The quantitative estimate of drug-likeness (QED) is 0.142. The van der Waals surface area contributed by atoms with E-state index in [0.717, 1.165) is 61.2 Å². The van der Waals surface area contributed by atoms with Crippen molar-refractivity contribution in [3.63, 3.8) is 0 Å². The molecule has 8 heterocycles. The Morgan fingerprint density at radius 1 is 0.268 bits per heavy atom. The van der Waals surface area contributed by atoms with Crippen molar-refractivity contribution < 1.29 is 36.9 Å². The van der Waals surface area contributed by atoms with E-state index in [1.165, 1.54) is 0 Å². The fourth-order valence-electron chi connectivity index (χ4n) is 20.6. The van der Waals surface area contributed by atoms with Gasteiger partial charge in [0.25, 0.3) is 20.1 Å². The number of aromatic nitrogens is 2. The zero-order valence-corrected chi connectivity index (χ0v) is 68.8. The molecular weight excluding hydrogens is 1490 g/mol. The molecule has 0 saturated heterocycles. The van der Waals surface area contributed by atoms with Crippen LogP contribution in [-0.4, -0.2) is 29.3 Å². The highest BCUT2D eigenvalue weighted by Crippen LogP contribution is 2.58. The van der Waals surface area contributed by atoms with Gasteiger partial charge in [-0.05, 0) is 199 Å². The second-order valence-corrected chi connectivity index (χ2v) is 36.2. The molecule has 0 radical (unpaired) electrons. The summed E-state index contributed by atoms with van der Waals surface area (Å²) >= 11 is 0. The first-order valence-electron chi connectivity index (χ1n) is 51.9. The number of ether oxygens (including phenoxy) is 2. The van der Waals surface area contributed by atoms with Gasteiger partial charge in [-0.2, -0.15) is 0 Å². The van der Waals surface area contributed by atoms with Crippen molar-refractivity contribution in [1.29, 1.82) is 0 Å². The number of anilines is 6. The Bertz CT molecular complexity index is 8410. The van der Waals surface area contributed by atoms with Crippen LogP contribution in [0.1, 0.15) is 106 Å². The lowest BCUT2D eigenvalue weighted by molar-refractivity contribution is 0.490. The summed E-state index contributed by atoms with van der Waals surface area (Å²) < 4.78 is 227. The molecule has 19 aromatic rings. The van der Waals surface area contributed by atoms with Gasteiger partial charge in [-0.1, -0.05) is 341 Å². The van der Waals surface area contributed by atoms with E-state index in [2.05, 4.69) is 157 Å². The maximum absolute atomic E-state index is 11.1. The summed E-state index contributed by atoms with van der Waals surface area (Å²) in [6, 6.07) is 64.9. The largest absolute Gasteiger partial charge is 0.459 e. The van der Waals surface area contributed by atoms with E-state index < -0.39 is 145 Å². The maximum atomic E-state index is 11.1. The second kappa shape index (κ2) is 26.1. The van der Waals surface area contributed by atoms with Crippen molar-refractivity contribution in [3.8, 4) is 101 Å². The highest BCUT2D eigenvalue weighted by molar-refractivity contribution is 7.05. The first-order valence-corrected chi connectivity index (χ1v) is 41.9. The van der Waals surface area contributed by atoms with Gasteiger partial charge in [0.1, 0.15) is 23.0 Å². The van der Waals surface area contributed by atoms with Crippen molar-refractivity contribution in [1.82, 2.24) is 9.13 Å². The molecule has 17 aromatic carbocycles. The Morgan fingerprint density at radius 2 is 0.561 bits per heavy atom. The average molecular weight is 1600 g/mol. The topological polar surface area (TPSA) is 34.8 Å². The highest BCUT2D eigenvalue weighted by atomic mass is 16.5. The molecular formula is C114H85B3N4O2. The van der Waals surface area contributed by atoms with Gasteiger partial charge in [0.15, 0.2) is 0 Å². The molecule has 0 spiro atoms. The molecule has 6 aliphatic heterocycles. The van der Waals surface area contributed by atoms with Gasteiger partial charge in [-0.15, -0.1) is 0 Å². The molecule has 0 unspecified atom stereocenters. The van der Waals surface area contributed by atoms with Crippen LogP contribution in [0.3, 0.4) is 0 Å². The molecule has 0 aliphatic carbocycles. The first-order chi connectivity index (χ1) is 68.3. The van der Waals surface area contributed by atoms with Crippen LogP contribution in [-0.2, 0) is 16.2 Å². The van der Waals surface area contributed by atoms with Crippen molar-refractivity contribution in [3.05, 3.63) is 368 Å². The van der Waals surface area contributed by atoms with E-state index in [0.29, 0.717) is 50.7 Å². The van der Waals surface area contributed by atoms with Gasteiger partial charge in [0.2, 0.25) is 0 Å². The maximum Gasteiger partial charge on any atom is 0.261 e. The molecule has 582 valence electrons. The lowest BCUT2D eigenvalue weighted by Crippen LogP contribution is -2.67. The van der Waals surface area contributed by atoms with Crippen molar-refractivity contribution in [2.75, 3.05) is 9.80 Å². The molecule has 6 nitrogen and oxygen atoms in total. The Hall–Kier alpha value is -14.3. The van der Waals surface area contributed by atoms with E-state index in [4.69, 9.17) is 9.47 Å². The van der Waals surface area contributed by atoms with Crippen LogP contribution in [0.2, 0.25) is 0 Å². The van der Waals surface area contributed by atoms with Crippen molar-refractivity contribution in [2.45, 2.75) is 78.6 Å². The number of rotatable bonds is 8. The van der Waals surface area contributed by atoms with E-state index in [-0.39, 0.29) is 145 Å². The van der Waals surface area contributed by atoms with Gasteiger partial charge in [0, 0.05) is 89.0 Å². The number of nitrogens with zero attached hydrogens (tertiary/aromatic N) is 4. The van der Waals surface area contributed by atoms with Crippen LogP contribution in [0.5, 0.6) is 23.0 Å². The average Bonchev–Trinajstić information content (AvgIpc) is 1.63. The fourth-order valence-corrected chi connectivity index (χ4v) is 20.6. The number of hydrogen-bond donors (Lipinski definition) is 0. The number of para-hydroxylation sites is 4. The molecule has 0 saturated carbocycles. The SMILES string of the molecule is [2H]c1c([2H])c([2H])c2c(c1[2H])Oc1c3c(cc4c1B2c1c([2H])c([2H])c(-c2ccccc2)c2c5c([2H])c([2H])c([2H])c([2H])c5n-4c12)N(c1c(-c2ccccc2)cc(C(C)(C)C)cc1-c1ccccc1)c1cc(C(C)(C)C)cc2c1B3c1c(cc3c4c1Oc1c([2H])c([2H])c([2H])c([2H])c1B4c1c([2H])c([2H])c(-c4ccccc4)c4c5c([2H])c([2H])c([2H])c([2H])c5n-3c14)N2c1c(-c2ccccc2)cc(C(C)(C)C)cc1-c1ccccc1. The molecule has 0 N–H and O–H groups in total. The molecule has 123 heavy (non-hydrogen) atoms. The molecule has 0 amide bonds. The second-order valence-electron chi connectivity index (χ2n) is 36.2. The summed E-state index contributed by atoms with van der Waals surface area (Å²) in [5.41, 5.74) is 12.7. The Labute approximate surface area is 746 Å². The van der Waals surface area contributed by atoms with E-state index >= 15 is 0 Å². The van der Waals surface area contributed by atoms with Gasteiger partial charge in [-0.25, -0.2) is 0 Å². The smallest absolute Gasteiger partial charge is 0.261 e. The normalized spacial score (nSPS) is 15.9. The lowest BCUT2D eigenvalue weighted by atomic mass is 9.28. The van der Waals surface area contributed by atoms with Gasteiger partial charge >= 0.3 is 0 Å². The molecule has 9 heteroatoms. The molecule has 2 aromatic heterocycles. The predicted octanol–water partition coefficient (Wildman–Crippen LogP) is 23.7. The Balaban J connectivity index is 0.981. The third-order valence-corrected chi connectivity index (χ3v) is 26.2. The lowest BCUT2D eigenvalue weighted by Gasteiger charge is -2.49. The van der Waals surface area contributed by atoms with Gasteiger partial charge < -0.3 is 28.4 Å². The summed E-state index contributed by atoms with van der Waals surface area (Å²) in [5.74, 6) is -0.806. The summed E-state index contributed by atoms with van der Waals surface area (Å²) in [6.07, 6.45) is 0. The van der Waals surface area contributed by atoms with E-state index in [1.54, 1.807) is 57.7 Å². The summed E-state index contributed by atoms with van der Waals surface area (Å²) in [4.78, 5) is 4.52. The monoisotopic (exact) mass is 1590 g/mol. The third kappa shape index (κ3) is 10.3. The molecule has 0 fully saturated rings. The molecule has 0 atom stereocenters. The zero-order chi connectivity index (χ0) is 99.8. The molecule has 6 aliphatic rings. The third-order valence-electron chi connectivity index (χ3n) is 26.2. The molecule has 25 rings (SSSR count). The summed E-state index contributed by atoms with van der Waals surface area (Å²) in [5, 5.41) is 0.358. The van der Waals surface area contributed by atoms with Crippen molar-refractivity contribution >= 4 is 147 Å². The van der Waals surface area contributed by atoms with Crippen LogP contribution < -0.4 is 68.4 Å². The first kappa shape index (κ1) is 54.1. The van der Waals surface area contributed by atoms with Gasteiger partial charge in [0.05, 0.1) is 49.8 Å². The fraction of sp³-hybridized carbons (Fsp3) is 0.105. The Kier molecular flexibility index (Phi) is 11.5. The summed E-state index contributed by atoms with van der Waals surface area (Å²) in [6.45, 7) is 14.9. The number of fused-ring (bicyclic) bond motifs is 20. The summed E-state index contributed by atoms with van der Waals surface area (Å²) in [7, 11) is 0. The van der Waals surface area contributed by atoms with E-state index in [1.807, 2.05) is 97.1 Å². The van der Waals surface area contributed by atoms with Crippen LogP contribution in [0.25, 0.3) is 122 Å². The minimum Gasteiger partial charge on any atom is -0.459 e. The van der Waals surface area contributed by atoms with E-state index in [9.17, 15) is 27.4 Å². The standard InChI is InChI=1S/C114H85B3N4O2/c1-112(2,3)74-60-81(70-40-20-12-21-41-70)106(82(61-74)71-42-22-13-23-43-71)120-91-64-76(114(7,8)9)65-92-101(91)117(104-95(120)66-93-102-110(104)122-97-54-34-30-50-85(97)115(102)87-58-56-77(68-36-16-10-17-37-68)99-79-48-28-32-52-89(79)118(93)108(87)99)105-96(121(92)107-83(72-44-24-14-25-45-72)62-75(113(4,5)6)63-84(107)73-46-26-15-27-47-73)67-94-103-111(105)123-98-55-35-31-51-86(98)116(103)88-59-57-78(69-38-18-11-19-39-69)100-80-49-29-33-53-90(80)119(94)109(88)100/h10-67H,1-9H3/i28D,29D,30D,31D,32D,33D,34D,35D,48D,49D,50D,51D,52D,53D,54D,55D,56D,57D,58D,59D. The minimum absolute atomic E-state index is 0.00273. The van der Waals surface area contributed by atoms with Crippen LogP contribution in [0, 0.1) is 0 Å². The predicted molar refractivity (Wildman–Crippen MR) is 520 cm³/mol.